The molecule has 1 aromatic carbocycles. The summed E-state index contributed by atoms with van der Waals surface area (Å²) >= 11 is 0. The number of benzene rings is 1. The summed E-state index contributed by atoms with van der Waals surface area (Å²) in [7, 11) is -3.16. The average molecular weight is 312 g/mol. The SMILES string of the molecule is Cc1cc(F)cc2[nH]c(C(=O)NC(C)CS(C)(=O)=O)cc12. The van der Waals surface area contributed by atoms with E-state index in [0.717, 1.165) is 17.2 Å². The van der Waals surface area contributed by atoms with E-state index in [9.17, 15) is 17.6 Å². The molecule has 0 saturated heterocycles. The minimum Gasteiger partial charge on any atom is -0.350 e. The molecule has 114 valence electrons. The third kappa shape index (κ3) is 3.81. The number of hydrogen-bond acceptors (Lipinski definition) is 3. The number of carbonyl (C=O) groups excluding carboxylic acids is 1. The summed E-state index contributed by atoms with van der Waals surface area (Å²) in [6.07, 6.45) is 1.12. The molecular weight excluding hydrogens is 295 g/mol. The number of sulfone groups is 1. The maximum Gasteiger partial charge on any atom is 0.267 e. The van der Waals surface area contributed by atoms with E-state index < -0.39 is 21.8 Å². The van der Waals surface area contributed by atoms with Crippen molar-refractivity contribution >= 4 is 26.6 Å². The Kier molecular flexibility index (Phi) is 4.04. The van der Waals surface area contributed by atoms with Crippen LogP contribution in [0.25, 0.3) is 10.9 Å². The van der Waals surface area contributed by atoms with Gasteiger partial charge in [-0.2, -0.15) is 0 Å². The number of aromatic amines is 1. The van der Waals surface area contributed by atoms with Crippen LogP contribution in [0.15, 0.2) is 18.2 Å². The van der Waals surface area contributed by atoms with Crippen LogP contribution in [0, 0.1) is 12.7 Å². The molecule has 0 fully saturated rings. The van der Waals surface area contributed by atoms with Gasteiger partial charge in [-0.3, -0.25) is 4.79 Å². The highest BCUT2D eigenvalue weighted by atomic mass is 32.2. The molecule has 0 spiro atoms. The largest absolute Gasteiger partial charge is 0.350 e. The van der Waals surface area contributed by atoms with Crippen molar-refractivity contribution < 1.29 is 17.6 Å². The molecule has 0 aliphatic heterocycles. The lowest BCUT2D eigenvalue weighted by Gasteiger charge is -2.11. The molecular formula is C14H17FN2O3S. The van der Waals surface area contributed by atoms with Gasteiger partial charge in [0.1, 0.15) is 21.3 Å². The summed E-state index contributed by atoms with van der Waals surface area (Å²) in [4.78, 5) is 14.9. The van der Waals surface area contributed by atoms with Crippen LogP contribution < -0.4 is 5.32 Å². The number of aryl methyl sites for hydroxylation is 1. The number of H-pyrrole nitrogens is 1. The maximum atomic E-state index is 13.3. The van der Waals surface area contributed by atoms with Crippen molar-refractivity contribution in [3.05, 3.63) is 35.3 Å². The molecule has 2 rings (SSSR count). The number of carbonyl (C=O) groups is 1. The minimum atomic E-state index is -3.16. The third-order valence-electron chi connectivity index (χ3n) is 3.08. The molecule has 1 heterocycles. The van der Waals surface area contributed by atoms with E-state index in [1.165, 1.54) is 12.1 Å². The standard InChI is InChI=1S/C14H17FN2O3S/c1-8-4-10(15)5-12-11(8)6-13(17-12)14(18)16-9(2)7-21(3,19)20/h4-6,9,17H,7H2,1-3H3,(H,16,18). The van der Waals surface area contributed by atoms with Crippen molar-refractivity contribution in [2.75, 3.05) is 12.0 Å². The molecule has 5 nitrogen and oxygen atoms in total. The lowest BCUT2D eigenvalue weighted by molar-refractivity contribution is 0.0939. The Hall–Kier alpha value is -1.89. The summed E-state index contributed by atoms with van der Waals surface area (Å²) in [6.45, 7) is 3.37. The second-order valence-corrected chi connectivity index (χ2v) is 7.52. The first-order chi connectivity index (χ1) is 9.65. The van der Waals surface area contributed by atoms with Crippen molar-refractivity contribution in [1.29, 1.82) is 0 Å². The summed E-state index contributed by atoms with van der Waals surface area (Å²) in [5.74, 6) is -0.923. The van der Waals surface area contributed by atoms with Crippen LogP contribution in [0.5, 0.6) is 0 Å². The summed E-state index contributed by atoms with van der Waals surface area (Å²) in [5.41, 5.74) is 1.54. The fourth-order valence-corrected chi connectivity index (χ4v) is 3.29. The fraction of sp³-hybridized carbons (Fsp3) is 0.357. The Morgan fingerprint density at radius 2 is 2.05 bits per heavy atom. The Bertz CT molecular complexity index is 796. The second-order valence-electron chi connectivity index (χ2n) is 5.33. The molecule has 0 bridgehead atoms. The first-order valence-electron chi connectivity index (χ1n) is 6.43. The van der Waals surface area contributed by atoms with Gasteiger partial charge < -0.3 is 10.3 Å². The van der Waals surface area contributed by atoms with Crippen LogP contribution in [0.2, 0.25) is 0 Å². The Labute approximate surface area is 122 Å². The molecule has 0 aliphatic carbocycles. The van der Waals surface area contributed by atoms with Crippen LogP contribution >= 0.6 is 0 Å². The molecule has 1 aromatic heterocycles. The first-order valence-corrected chi connectivity index (χ1v) is 8.49. The Morgan fingerprint density at radius 3 is 2.67 bits per heavy atom. The highest BCUT2D eigenvalue weighted by Gasteiger charge is 2.16. The van der Waals surface area contributed by atoms with E-state index in [2.05, 4.69) is 10.3 Å². The van der Waals surface area contributed by atoms with Gasteiger partial charge in [0.2, 0.25) is 0 Å². The van der Waals surface area contributed by atoms with E-state index >= 15 is 0 Å². The monoisotopic (exact) mass is 312 g/mol. The van der Waals surface area contributed by atoms with Gasteiger partial charge in [0, 0.05) is 23.2 Å². The van der Waals surface area contributed by atoms with Gasteiger partial charge in [0.15, 0.2) is 0 Å². The van der Waals surface area contributed by atoms with E-state index in [1.807, 2.05) is 0 Å². The minimum absolute atomic E-state index is 0.132. The zero-order valence-electron chi connectivity index (χ0n) is 12.0. The predicted octanol–water partition coefficient (Wildman–Crippen LogP) is 1.78. The number of halogens is 1. The number of hydrogen-bond donors (Lipinski definition) is 2. The molecule has 2 aromatic rings. The van der Waals surface area contributed by atoms with Crippen LogP contribution in [0.1, 0.15) is 23.0 Å². The molecule has 1 atom stereocenters. The molecule has 0 aliphatic rings. The number of rotatable bonds is 4. The Morgan fingerprint density at radius 1 is 1.38 bits per heavy atom. The highest BCUT2D eigenvalue weighted by Crippen LogP contribution is 2.21. The van der Waals surface area contributed by atoms with Crippen LogP contribution in [-0.4, -0.2) is 37.4 Å². The Balaban J connectivity index is 2.22. The summed E-state index contributed by atoms with van der Waals surface area (Å²) in [6, 6.07) is 3.84. The topological polar surface area (TPSA) is 79.0 Å². The van der Waals surface area contributed by atoms with Gasteiger partial charge in [0.25, 0.3) is 5.91 Å². The lowest BCUT2D eigenvalue weighted by atomic mass is 10.1. The fourth-order valence-electron chi connectivity index (χ4n) is 2.29. The van der Waals surface area contributed by atoms with Crippen molar-refractivity contribution in [3.63, 3.8) is 0 Å². The molecule has 2 N–H and O–H groups in total. The van der Waals surface area contributed by atoms with Crippen molar-refractivity contribution in [2.45, 2.75) is 19.9 Å². The van der Waals surface area contributed by atoms with Gasteiger partial charge in [-0.25, -0.2) is 12.8 Å². The normalized spacial score (nSPS) is 13.3. The zero-order chi connectivity index (χ0) is 15.8. The maximum absolute atomic E-state index is 13.3. The number of aromatic nitrogens is 1. The molecule has 7 heteroatoms. The smallest absolute Gasteiger partial charge is 0.267 e. The summed E-state index contributed by atoms with van der Waals surface area (Å²) in [5, 5.41) is 3.37. The van der Waals surface area contributed by atoms with Crippen LogP contribution in [0.4, 0.5) is 4.39 Å². The zero-order valence-corrected chi connectivity index (χ0v) is 12.8. The van der Waals surface area contributed by atoms with E-state index in [4.69, 9.17) is 0 Å². The van der Waals surface area contributed by atoms with Crippen molar-refractivity contribution in [2.24, 2.45) is 0 Å². The van der Waals surface area contributed by atoms with Gasteiger partial charge in [0.05, 0.1) is 5.75 Å². The van der Waals surface area contributed by atoms with Crippen LogP contribution in [0.3, 0.4) is 0 Å². The van der Waals surface area contributed by atoms with E-state index in [1.54, 1.807) is 19.9 Å². The third-order valence-corrected chi connectivity index (χ3v) is 4.19. The number of amides is 1. The van der Waals surface area contributed by atoms with Gasteiger partial charge in [-0.1, -0.05) is 0 Å². The van der Waals surface area contributed by atoms with Crippen molar-refractivity contribution in [1.82, 2.24) is 10.3 Å². The van der Waals surface area contributed by atoms with Gasteiger partial charge in [-0.05, 0) is 37.6 Å². The molecule has 21 heavy (non-hydrogen) atoms. The van der Waals surface area contributed by atoms with Crippen LogP contribution in [-0.2, 0) is 9.84 Å². The molecule has 0 radical (unpaired) electrons. The summed E-state index contributed by atoms with van der Waals surface area (Å²) < 4.78 is 35.7. The van der Waals surface area contributed by atoms with Gasteiger partial charge >= 0.3 is 0 Å². The van der Waals surface area contributed by atoms with E-state index in [0.29, 0.717) is 5.52 Å². The van der Waals surface area contributed by atoms with Gasteiger partial charge in [-0.15, -0.1) is 0 Å². The predicted molar refractivity (Wildman–Crippen MR) is 79.6 cm³/mol. The molecule has 1 amide bonds. The molecule has 0 saturated carbocycles. The van der Waals surface area contributed by atoms with Crippen molar-refractivity contribution in [3.8, 4) is 0 Å². The first kappa shape index (κ1) is 15.5. The van der Waals surface area contributed by atoms with E-state index in [-0.39, 0.29) is 17.3 Å². The average Bonchev–Trinajstić information content (AvgIpc) is 2.69. The molecule has 1 unspecified atom stereocenters. The quantitative estimate of drug-likeness (QED) is 0.903. The number of nitrogens with one attached hydrogen (secondary N) is 2. The number of fused-ring (bicyclic) bond motifs is 1. The lowest BCUT2D eigenvalue weighted by Crippen LogP contribution is -2.37. The highest BCUT2D eigenvalue weighted by molar-refractivity contribution is 7.90. The second kappa shape index (κ2) is 5.48.